The summed E-state index contributed by atoms with van der Waals surface area (Å²) in [7, 11) is 0. The number of aromatic nitrogens is 1. The first-order valence-corrected chi connectivity index (χ1v) is 9.64. The molecule has 0 radical (unpaired) electrons. The highest BCUT2D eigenvalue weighted by Crippen LogP contribution is 2.24. The van der Waals surface area contributed by atoms with Gasteiger partial charge >= 0.3 is 5.91 Å². The molecule has 4 aromatic rings. The largest absolute Gasteiger partial charge is 0.451 e. The Balaban J connectivity index is 1.47. The van der Waals surface area contributed by atoms with Crippen molar-refractivity contribution in [1.29, 1.82) is 0 Å². The number of fused-ring (bicyclic) bond motifs is 1. The molecule has 8 heteroatoms. The molecule has 0 spiro atoms. The lowest BCUT2D eigenvalue weighted by atomic mass is 10.2. The topological polar surface area (TPSA) is 103 Å². The van der Waals surface area contributed by atoms with Gasteiger partial charge < -0.3 is 8.98 Å². The summed E-state index contributed by atoms with van der Waals surface area (Å²) in [5.41, 5.74) is 7.00. The van der Waals surface area contributed by atoms with Gasteiger partial charge in [0.15, 0.2) is 5.76 Å². The number of hydrazone groups is 1. The molecule has 2 aromatic carbocycles. The van der Waals surface area contributed by atoms with Crippen molar-refractivity contribution in [3.63, 3.8) is 0 Å². The highest BCUT2D eigenvalue weighted by Gasteiger charge is 2.15. The summed E-state index contributed by atoms with van der Waals surface area (Å²) < 4.78 is 7.65. The van der Waals surface area contributed by atoms with Crippen LogP contribution in [0.15, 0.2) is 70.2 Å². The van der Waals surface area contributed by atoms with E-state index >= 15 is 0 Å². The molecule has 2 aromatic heterocycles. The normalized spacial score (nSPS) is 11.3. The second-order valence-electron chi connectivity index (χ2n) is 7.19. The molecule has 0 unspecified atom stereocenters. The first-order chi connectivity index (χ1) is 14.9. The van der Waals surface area contributed by atoms with Gasteiger partial charge in [-0.2, -0.15) is 5.10 Å². The number of aryl methyl sites for hydroxylation is 1. The zero-order valence-corrected chi connectivity index (χ0v) is 17.0. The van der Waals surface area contributed by atoms with E-state index in [-0.39, 0.29) is 11.4 Å². The average Bonchev–Trinajstić information content (AvgIpc) is 3.30. The van der Waals surface area contributed by atoms with Crippen molar-refractivity contribution in [2.45, 2.75) is 20.4 Å². The smallest absolute Gasteiger partial charge is 0.307 e. The van der Waals surface area contributed by atoms with Crippen LogP contribution < -0.4 is 5.43 Å². The summed E-state index contributed by atoms with van der Waals surface area (Å²) in [6.07, 6.45) is 1.59. The van der Waals surface area contributed by atoms with Crippen molar-refractivity contribution in [2.24, 2.45) is 5.10 Å². The minimum atomic E-state index is -0.534. The Bertz CT molecular complexity index is 1300. The SMILES string of the molecule is Cc1cc(/C=N\NC(=O)c2cc3cc([N+](=O)[O-])ccc3o2)c(C)n1Cc1ccccc1. The minimum absolute atomic E-state index is 0.0298. The number of amides is 1. The van der Waals surface area contributed by atoms with Crippen LogP contribution in [0.3, 0.4) is 0 Å². The number of non-ortho nitro benzene ring substituents is 1. The van der Waals surface area contributed by atoms with E-state index in [0.29, 0.717) is 11.0 Å². The van der Waals surface area contributed by atoms with Crippen molar-refractivity contribution in [2.75, 3.05) is 0 Å². The summed E-state index contributed by atoms with van der Waals surface area (Å²) >= 11 is 0. The molecule has 0 bridgehead atoms. The first-order valence-electron chi connectivity index (χ1n) is 9.64. The van der Waals surface area contributed by atoms with E-state index in [0.717, 1.165) is 23.5 Å². The highest BCUT2D eigenvalue weighted by atomic mass is 16.6. The molecule has 0 saturated carbocycles. The van der Waals surface area contributed by atoms with Gasteiger partial charge in [0.2, 0.25) is 0 Å². The average molecular weight is 416 g/mol. The van der Waals surface area contributed by atoms with Crippen LogP contribution in [0.1, 0.15) is 33.1 Å². The molecule has 0 aliphatic rings. The van der Waals surface area contributed by atoms with Gasteiger partial charge in [0.1, 0.15) is 5.58 Å². The maximum absolute atomic E-state index is 12.4. The fraction of sp³-hybridized carbons (Fsp3) is 0.130. The van der Waals surface area contributed by atoms with E-state index < -0.39 is 10.8 Å². The Morgan fingerprint density at radius 3 is 2.68 bits per heavy atom. The lowest BCUT2D eigenvalue weighted by molar-refractivity contribution is -0.384. The number of nitrogens with one attached hydrogen (secondary N) is 1. The zero-order valence-electron chi connectivity index (χ0n) is 17.0. The molecule has 0 atom stereocenters. The second-order valence-corrected chi connectivity index (χ2v) is 7.19. The van der Waals surface area contributed by atoms with Crippen molar-refractivity contribution in [1.82, 2.24) is 9.99 Å². The van der Waals surface area contributed by atoms with E-state index in [9.17, 15) is 14.9 Å². The van der Waals surface area contributed by atoms with Gasteiger partial charge in [-0.05, 0) is 37.6 Å². The van der Waals surface area contributed by atoms with E-state index in [2.05, 4.69) is 27.2 Å². The minimum Gasteiger partial charge on any atom is -0.451 e. The maximum Gasteiger partial charge on any atom is 0.307 e. The second kappa shape index (κ2) is 8.27. The van der Waals surface area contributed by atoms with Gasteiger partial charge in [-0.3, -0.25) is 14.9 Å². The van der Waals surface area contributed by atoms with Crippen molar-refractivity contribution < 1.29 is 14.1 Å². The van der Waals surface area contributed by atoms with Crippen LogP contribution in [-0.2, 0) is 6.54 Å². The fourth-order valence-electron chi connectivity index (χ4n) is 3.44. The molecule has 4 rings (SSSR count). The maximum atomic E-state index is 12.4. The molecule has 0 saturated heterocycles. The lowest BCUT2D eigenvalue weighted by Crippen LogP contribution is -2.16. The molecule has 0 fully saturated rings. The molecular formula is C23H20N4O4. The highest BCUT2D eigenvalue weighted by molar-refractivity contribution is 5.97. The monoisotopic (exact) mass is 416 g/mol. The number of hydrogen-bond acceptors (Lipinski definition) is 5. The molecule has 8 nitrogen and oxygen atoms in total. The number of rotatable bonds is 6. The van der Waals surface area contributed by atoms with Crippen LogP contribution in [-0.4, -0.2) is 21.6 Å². The van der Waals surface area contributed by atoms with Crippen LogP contribution in [0, 0.1) is 24.0 Å². The Morgan fingerprint density at radius 2 is 1.94 bits per heavy atom. The third-order valence-corrected chi connectivity index (χ3v) is 5.10. The third-order valence-electron chi connectivity index (χ3n) is 5.10. The van der Waals surface area contributed by atoms with Crippen molar-refractivity contribution in [3.05, 3.63) is 99.1 Å². The number of nitro benzene ring substituents is 1. The molecule has 2 heterocycles. The lowest BCUT2D eigenvalue weighted by Gasteiger charge is -2.09. The number of carbonyl (C=O) groups is 1. The molecule has 0 aliphatic heterocycles. The fourth-order valence-corrected chi connectivity index (χ4v) is 3.44. The number of benzene rings is 2. The first kappa shape index (κ1) is 20.1. The predicted molar refractivity (Wildman–Crippen MR) is 117 cm³/mol. The van der Waals surface area contributed by atoms with Crippen molar-refractivity contribution >= 4 is 28.8 Å². The number of hydrogen-bond donors (Lipinski definition) is 1. The quantitative estimate of drug-likeness (QED) is 0.282. The third kappa shape index (κ3) is 4.23. The molecule has 1 amide bonds. The Labute approximate surface area is 177 Å². The van der Waals surface area contributed by atoms with Crippen LogP contribution in [0.2, 0.25) is 0 Å². The van der Waals surface area contributed by atoms with Gasteiger partial charge in [-0.25, -0.2) is 5.43 Å². The van der Waals surface area contributed by atoms with Gasteiger partial charge in [0, 0.05) is 41.0 Å². The molecule has 156 valence electrons. The predicted octanol–water partition coefficient (Wildman–Crippen LogP) is 4.57. The van der Waals surface area contributed by atoms with Gasteiger partial charge in [0.25, 0.3) is 5.69 Å². The molecule has 31 heavy (non-hydrogen) atoms. The standard InChI is InChI=1S/C23H20N4O4/c1-15-10-19(16(2)26(15)14-17-6-4-3-5-7-17)13-24-25-23(28)22-12-18-11-20(27(29)30)8-9-21(18)31-22/h3-13H,14H2,1-2H3,(H,25,28)/b24-13-. The van der Waals surface area contributed by atoms with Crippen LogP contribution in [0.4, 0.5) is 5.69 Å². The summed E-state index contributed by atoms with van der Waals surface area (Å²) in [6.45, 7) is 4.79. The van der Waals surface area contributed by atoms with Crippen molar-refractivity contribution in [3.8, 4) is 0 Å². The van der Waals surface area contributed by atoms with E-state index in [1.807, 2.05) is 38.1 Å². The summed E-state index contributed by atoms with van der Waals surface area (Å²) in [5.74, 6) is -0.504. The Morgan fingerprint density at radius 1 is 1.16 bits per heavy atom. The number of carbonyl (C=O) groups excluding carboxylic acids is 1. The Hall–Kier alpha value is -4.20. The van der Waals surface area contributed by atoms with Gasteiger partial charge in [0.05, 0.1) is 11.1 Å². The van der Waals surface area contributed by atoms with E-state index in [4.69, 9.17) is 4.42 Å². The molecular weight excluding hydrogens is 396 g/mol. The van der Waals surface area contributed by atoms with Crippen LogP contribution >= 0.6 is 0 Å². The van der Waals surface area contributed by atoms with E-state index in [1.165, 1.54) is 29.8 Å². The number of nitro groups is 1. The van der Waals surface area contributed by atoms with Gasteiger partial charge in [-0.15, -0.1) is 0 Å². The van der Waals surface area contributed by atoms with Gasteiger partial charge in [-0.1, -0.05) is 30.3 Å². The van der Waals surface area contributed by atoms with E-state index in [1.54, 1.807) is 6.21 Å². The summed E-state index contributed by atoms with van der Waals surface area (Å²) in [6, 6.07) is 17.8. The summed E-state index contributed by atoms with van der Waals surface area (Å²) in [4.78, 5) is 22.8. The number of furan rings is 1. The van der Waals surface area contributed by atoms with Crippen LogP contribution in [0.25, 0.3) is 11.0 Å². The number of nitrogens with zero attached hydrogens (tertiary/aromatic N) is 3. The summed E-state index contributed by atoms with van der Waals surface area (Å²) in [5, 5.41) is 15.4. The molecule has 0 aliphatic carbocycles. The zero-order chi connectivity index (χ0) is 22.0. The molecule has 1 N–H and O–H groups in total. The van der Waals surface area contributed by atoms with Crippen LogP contribution in [0.5, 0.6) is 0 Å². The Kier molecular flexibility index (Phi) is 5.36.